The van der Waals surface area contributed by atoms with E-state index in [1.807, 2.05) is 31.2 Å². The lowest BCUT2D eigenvalue weighted by Gasteiger charge is -2.31. The average Bonchev–Trinajstić information content (AvgIpc) is 3.53. The summed E-state index contributed by atoms with van der Waals surface area (Å²) < 4.78 is 69.1. The normalized spacial score (nSPS) is 17.8. The predicted molar refractivity (Wildman–Crippen MR) is 150 cm³/mol. The van der Waals surface area contributed by atoms with Crippen LogP contribution >= 0.6 is 11.3 Å². The van der Waals surface area contributed by atoms with Gasteiger partial charge in [0.05, 0.1) is 5.56 Å². The van der Waals surface area contributed by atoms with Crippen LogP contribution in [0.3, 0.4) is 0 Å². The highest BCUT2D eigenvalue weighted by Gasteiger charge is 2.48. The van der Waals surface area contributed by atoms with Crippen molar-refractivity contribution in [3.63, 3.8) is 0 Å². The number of amides is 2. The zero-order valence-corrected chi connectivity index (χ0v) is 24.1. The van der Waals surface area contributed by atoms with Crippen LogP contribution in [0.4, 0.5) is 17.6 Å². The Morgan fingerprint density at radius 1 is 1.10 bits per heavy atom. The van der Waals surface area contributed by atoms with Gasteiger partial charge < -0.3 is 10.2 Å². The van der Waals surface area contributed by atoms with Crippen LogP contribution in [0, 0.1) is 12.7 Å². The van der Waals surface area contributed by atoms with Gasteiger partial charge in [-0.25, -0.2) is 4.39 Å². The lowest BCUT2D eigenvalue weighted by atomic mass is 9.89. The highest BCUT2D eigenvalue weighted by molar-refractivity contribution is 7.85. The van der Waals surface area contributed by atoms with Gasteiger partial charge in [0.1, 0.15) is 17.2 Å². The molecule has 1 atom stereocenters. The van der Waals surface area contributed by atoms with Crippen molar-refractivity contribution in [1.29, 1.82) is 0 Å². The Kier molecular flexibility index (Phi) is 7.64. The van der Waals surface area contributed by atoms with Crippen molar-refractivity contribution >= 4 is 40.0 Å². The van der Waals surface area contributed by atoms with Gasteiger partial charge in [0, 0.05) is 49.3 Å². The van der Waals surface area contributed by atoms with Gasteiger partial charge in [0.2, 0.25) is 4.21 Å². The number of carbonyl (C=O) groups excluding carboxylic acids is 2. The largest absolute Gasteiger partial charge is 0.419 e. The molecule has 3 heterocycles. The molecule has 0 saturated carbocycles. The number of aryl methyl sites for hydroxylation is 1. The number of nitrogens with zero attached hydrogens (tertiary/aromatic N) is 3. The number of nitrogens with one attached hydrogen (secondary N) is 1. The zero-order valence-electron chi connectivity index (χ0n) is 22.4. The first-order valence-electron chi connectivity index (χ1n) is 12.7. The molecule has 1 aromatic heterocycles. The van der Waals surface area contributed by atoms with E-state index >= 15 is 0 Å². The number of hydrogen-bond acceptors (Lipinski definition) is 5. The first kappa shape index (κ1) is 29.1. The van der Waals surface area contributed by atoms with Crippen molar-refractivity contribution in [2.24, 2.45) is 4.99 Å². The smallest absolute Gasteiger partial charge is 0.345 e. The summed E-state index contributed by atoms with van der Waals surface area (Å²) in [5, 5.41) is 2.56. The summed E-state index contributed by atoms with van der Waals surface area (Å²) in [5.74, 6) is -1.96. The molecule has 1 spiro atoms. The lowest BCUT2D eigenvalue weighted by molar-refractivity contribution is -0.140. The minimum atomic E-state index is -4.88. The highest BCUT2D eigenvalue weighted by atomic mass is 32.2. The first-order chi connectivity index (χ1) is 19.3. The van der Waals surface area contributed by atoms with Crippen molar-refractivity contribution < 1.29 is 31.4 Å². The molecule has 41 heavy (non-hydrogen) atoms. The van der Waals surface area contributed by atoms with E-state index in [0.29, 0.717) is 35.0 Å². The van der Waals surface area contributed by atoms with Crippen LogP contribution in [-0.2, 0) is 26.2 Å². The molecular formula is C28H27F4N4O3S2+. The Bertz CT molecular complexity index is 1590. The summed E-state index contributed by atoms with van der Waals surface area (Å²) in [5.41, 5.74) is -0.190. The molecule has 2 amide bonds. The number of rotatable bonds is 5. The Morgan fingerprint density at radius 3 is 2.44 bits per heavy atom. The van der Waals surface area contributed by atoms with E-state index < -0.39 is 40.0 Å². The van der Waals surface area contributed by atoms with Crippen LogP contribution < -0.4 is 5.32 Å². The fourth-order valence-corrected chi connectivity index (χ4v) is 7.81. The number of halogens is 4. The Labute approximate surface area is 240 Å². The van der Waals surface area contributed by atoms with Crippen LogP contribution in [0.1, 0.15) is 39.9 Å². The third-order valence-electron chi connectivity index (χ3n) is 7.27. The summed E-state index contributed by atoms with van der Waals surface area (Å²) in [4.78, 5) is 32.0. The average molecular weight is 608 g/mol. The van der Waals surface area contributed by atoms with Gasteiger partial charge >= 0.3 is 6.18 Å². The van der Waals surface area contributed by atoms with Crippen molar-refractivity contribution in [2.75, 3.05) is 27.2 Å². The molecule has 1 N–H and O–H groups in total. The van der Waals surface area contributed by atoms with Crippen molar-refractivity contribution in [3.05, 3.63) is 76.6 Å². The number of benzene rings is 2. The van der Waals surface area contributed by atoms with E-state index in [1.54, 1.807) is 24.5 Å². The van der Waals surface area contributed by atoms with Crippen LogP contribution in [0.15, 0.2) is 57.7 Å². The van der Waals surface area contributed by atoms with Crippen LogP contribution in [-0.4, -0.2) is 59.6 Å². The van der Waals surface area contributed by atoms with E-state index in [0.717, 1.165) is 22.1 Å². The van der Waals surface area contributed by atoms with Crippen LogP contribution in [0.2, 0.25) is 0 Å². The molecule has 13 heteroatoms. The Balaban J connectivity index is 1.29. The topological polar surface area (TPSA) is 82.1 Å². The first-order valence-corrected chi connectivity index (χ1v) is 14.7. The second-order valence-corrected chi connectivity index (χ2v) is 13.2. The fourth-order valence-electron chi connectivity index (χ4n) is 4.97. The minimum absolute atomic E-state index is 0.0297. The summed E-state index contributed by atoms with van der Waals surface area (Å²) in [6.45, 7) is 2.51. The van der Waals surface area contributed by atoms with E-state index in [9.17, 15) is 31.4 Å². The molecule has 1 fully saturated rings. The molecule has 0 aliphatic carbocycles. The highest BCUT2D eigenvalue weighted by Crippen LogP contribution is 2.37. The number of thiophene rings is 1. The summed E-state index contributed by atoms with van der Waals surface area (Å²) in [6.07, 6.45) is -4.42. The standard InChI is InChI=1S/C28H26F4N4O3S2/c1-16-14-18(25(37)35(2)3)4-6-19(16)22-8-9-23(40-22)41(39)36-12-10-27(11-13-36)26(38)33-24(34-27)17-5-7-21(29)20(15-17)28(30,31)32/h4-9,14-15H,10-13H2,1-3H3,(H,33,34,38)/p+1. The van der Waals surface area contributed by atoms with Gasteiger partial charge in [-0.1, -0.05) is 21.6 Å². The molecule has 216 valence electrons. The number of amidine groups is 1. The summed E-state index contributed by atoms with van der Waals surface area (Å²) >= 11 is 1.40. The summed E-state index contributed by atoms with van der Waals surface area (Å²) in [6, 6.07) is 11.7. The monoisotopic (exact) mass is 607 g/mol. The molecule has 5 rings (SSSR count). The molecule has 1 unspecified atom stereocenters. The Hall–Kier alpha value is -3.42. The molecule has 1 saturated heterocycles. The Morgan fingerprint density at radius 2 is 1.80 bits per heavy atom. The number of carbonyl (C=O) groups is 2. The number of hydrogen-bond donors (Lipinski definition) is 1. The maximum absolute atomic E-state index is 13.7. The third kappa shape index (κ3) is 5.57. The number of alkyl halides is 3. The molecule has 2 aliphatic rings. The van der Waals surface area contributed by atoms with Crippen LogP contribution in [0.25, 0.3) is 10.4 Å². The molecular weight excluding hydrogens is 580 g/mol. The minimum Gasteiger partial charge on any atom is -0.345 e. The van der Waals surface area contributed by atoms with E-state index in [1.165, 1.54) is 16.2 Å². The van der Waals surface area contributed by atoms with Gasteiger partial charge in [-0.15, -0.1) is 4.31 Å². The predicted octanol–water partition coefficient (Wildman–Crippen LogP) is 4.96. The molecule has 3 aromatic rings. The molecule has 0 bridgehead atoms. The fraction of sp³-hybridized carbons (Fsp3) is 0.321. The van der Waals surface area contributed by atoms with Crippen molar-refractivity contribution in [1.82, 2.24) is 14.5 Å². The number of thiol groups is 1. The second-order valence-electron chi connectivity index (χ2n) is 10.2. The third-order valence-corrected chi connectivity index (χ3v) is 10.4. The van der Waals surface area contributed by atoms with Crippen LogP contribution in [0.5, 0.6) is 0 Å². The molecule has 2 aromatic carbocycles. The maximum atomic E-state index is 13.7. The number of aliphatic imine (C=N–C) groups is 1. The van der Waals surface area contributed by atoms with Crippen molar-refractivity contribution in [3.8, 4) is 10.4 Å². The van der Waals surface area contributed by atoms with Gasteiger partial charge in [0.15, 0.2) is 11.0 Å². The van der Waals surface area contributed by atoms with E-state index in [-0.39, 0.29) is 30.1 Å². The van der Waals surface area contributed by atoms with E-state index in [4.69, 9.17) is 0 Å². The molecule has 2 aliphatic heterocycles. The molecule has 7 nitrogen and oxygen atoms in total. The van der Waals surface area contributed by atoms with Crippen molar-refractivity contribution in [2.45, 2.75) is 35.7 Å². The second kappa shape index (κ2) is 10.8. The lowest BCUT2D eigenvalue weighted by Crippen LogP contribution is -2.49. The SMILES string of the molecule is Cc1cc(C(=O)N(C)C)ccc1-c1ccc([SH+](=O)N2CCC3(CC2)N=C(c2ccc(F)c(C(F)(F)F)c2)NC3=O)s1. The zero-order chi connectivity index (χ0) is 29.7. The van der Waals surface area contributed by atoms with Gasteiger partial charge in [-0.05, 0) is 67.3 Å². The maximum Gasteiger partial charge on any atom is 0.419 e. The van der Waals surface area contributed by atoms with Gasteiger partial charge in [-0.2, -0.15) is 13.2 Å². The molecule has 0 radical (unpaired) electrons. The van der Waals surface area contributed by atoms with Gasteiger partial charge in [0.25, 0.3) is 11.8 Å². The summed E-state index contributed by atoms with van der Waals surface area (Å²) in [7, 11) is 1.46. The van der Waals surface area contributed by atoms with Gasteiger partial charge in [-0.3, -0.25) is 14.6 Å². The quantitative estimate of drug-likeness (QED) is 0.253. The van der Waals surface area contributed by atoms with E-state index in [2.05, 4.69) is 10.3 Å². The number of piperidine rings is 1.